The molecule has 0 saturated carbocycles. The van der Waals surface area contributed by atoms with Crippen molar-refractivity contribution in [1.82, 2.24) is 0 Å². The van der Waals surface area contributed by atoms with Gasteiger partial charge in [0.2, 0.25) is 0 Å². The SMILES string of the molecule is Cc1ccc(NCc2ccc(CC(=O)O)cc2)cc1Br. The molecule has 0 amide bonds. The Morgan fingerprint density at radius 1 is 1.15 bits per heavy atom. The van der Waals surface area contributed by atoms with E-state index >= 15 is 0 Å². The Morgan fingerprint density at radius 3 is 2.40 bits per heavy atom. The molecular weight excluding hydrogens is 318 g/mol. The Morgan fingerprint density at radius 2 is 1.80 bits per heavy atom. The molecule has 20 heavy (non-hydrogen) atoms. The van der Waals surface area contributed by atoms with E-state index in [2.05, 4.69) is 34.2 Å². The van der Waals surface area contributed by atoms with E-state index in [1.807, 2.05) is 36.4 Å². The average molecular weight is 334 g/mol. The molecule has 0 radical (unpaired) electrons. The fraction of sp³-hybridized carbons (Fsp3) is 0.188. The molecule has 0 spiro atoms. The van der Waals surface area contributed by atoms with Crippen LogP contribution in [0.2, 0.25) is 0 Å². The summed E-state index contributed by atoms with van der Waals surface area (Å²) >= 11 is 3.51. The van der Waals surface area contributed by atoms with Crippen LogP contribution < -0.4 is 5.32 Å². The van der Waals surface area contributed by atoms with Gasteiger partial charge in [0.15, 0.2) is 0 Å². The van der Waals surface area contributed by atoms with Gasteiger partial charge in [-0.2, -0.15) is 0 Å². The lowest BCUT2D eigenvalue weighted by atomic mass is 10.1. The lowest BCUT2D eigenvalue weighted by molar-refractivity contribution is -0.136. The van der Waals surface area contributed by atoms with Crippen molar-refractivity contribution in [3.05, 3.63) is 63.6 Å². The monoisotopic (exact) mass is 333 g/mol. The highest BCUT2D eigenvalue weighted by Crippen LogP contribution is 2.21. The number of hydrogen-bond donors (Lipinski definition) is 2. The van der Waals surface area contributed by atoms with Crippen LogP contribution >= 0.6 is 15.9 Å². The largest absolute Gasteiger partial charge is 0.481 e. The highest BCUT2D eigenvalue weighted by molar-refractivity contribution is 9.10. The second kappa shape index (κ2) is 6.57. The second-order valence-corrected chi connectivity index (χ2v) is 5.56. The number of carboxylic acid groups (broad SMARTS) is 1. The molecule has 0 fully saturated rings. The van der Waals surface area contributed by atoms with Crippen LogP contribution in [-0.4, -0.2) is 11.1 Å². The summed E-state index contributed by atoms with van der Waals surface area (Å²) in [5, 5.41) is 12.1. The van der Waals surface area contributed by atoms with Crippen molar-refractivity contribution in [2.45, 2.75) is 19.9 Å². The Labute approximate surface area is 126 Å². The van der Waals surface area contributed by atoms with E-state index in [4.69, 9.17) is 5.11 Å². The van der Waals surface area contributed by atoms with E-state index in [0.717, 1.165) is 21.3 Å². The lowest BCUT2D eigenvalue weighted by Gasteiger charge is -2.08. The molecule has 2 aromatic carbocycles. The number of anilines is 1. The van der Waals surface area contributed by atoms with Crippen molar-refractivity contribution in [1.29, 1.82) is 0 Å². The van der Waals surface area contributed by atoms with Crippen LogP contribution in [0.4, 0.5) is 5.69 Å². The van der Waals surface area contributed by atoms with E-state index in [9.17, 15) is 4.79 Å². The average Bonchev–Trinajstić information content (AvgIpc) is 2.41. The zero-order chi connectivity index (χ0) is 14.5. The van der Waals surface area contributed by atoms with Crippen LogP contribution in [0.3, 0.4) is 0 Å². The molecule has 2 aromatic rings. The summed E-state index contributed by atoms with van der Waals surface area (Å²) in [6, 6.07) is 13.8. The van der Waals surface area contributed by atoms with Crippen molar-refractivity contribution in [2.75, 3.05) is 5.32 Å². The molecule has 0 unspecified atom stereocenters. The van der Waals surface area contributed by atoms with Crippen LogP contribution in [0.5, 0.6) is 0 Å². The smallest absolute Gasteiger partial charge is 0.307 e. The molecule has 0 aliphatic heterocycles. The molecule has 0 aliphatic carbocycles. The van der Waals surface area contributed by atoms with Crippen LogP contribution in [0.25, 0.3) is 0 Å². The van der Waals surface area contributed by atoms with Gasteiger partial charge >= 0.3 is 5.97 Å². The Hall–Kier alpha value is -1.81. The first-order chi connectivity index (χ1) is 9.54. The maximum atomic E-state index is 10.6. The zero-order valence-corrected chi connectivity index (χ0v) is 12.8. The topological polar surface area (TPSA) is 49.3 Å². The molecule has 0 heterocycles. The molecule has 0 atom stereocenters. The Balaban J connectivity index is 1.96. The molecule has 0 aromatic heterocycles. The first-order valence-electron chi connectivity index (χ1n) is 6.34. The van der Waals surface area contributed by atoms with Gasteiger partial charge in [0.1, 0.15) is 0 Å². The first-order valence-corrected chi connectivity index (χ1v) is 7.13. The lowest BCUT2D eigenvalue weighted by Crippen LogP contribution is -2.02. The summed E-state index contributed by atoms with van der Waals surface area (Å²) in [5.74, 6) is -0.805. The van der Waals surface area contributed by atoms with Gasteiger partial charge in [-0.1, -0.05) is 46.3 Å². The van der Waals surface area contributed by atoms with Gasteiger partial charge in [-0.25, -0.2) is 0 Å². The third kappa shape index (κ3) is 4.10. The molecule has 3 nitrogen and oxygen atoms in total. The van der Waals surface area contributed by atoms with Crippen molar-refractivity contribution in [3.63, 3.8) is 0 Å². The summed E-state index contributed by atoms with van der Waals surface area (Å²) in [5.41, 5.74) is 4.20. The number of benzene rings is 2. The van der Waals surface area contributed by atoms with E-state index in [0.29, 0.717) is 6.54 Å². The number of carbonyl (C=O) groups is 1. The molecule has 4 heteroatoms. The number of nitrogens with one attached hydrogen (secondary N) is 1. The fourth-order valence-electron chi connectivity index (χ4n) is 1.86. The van der Waals surface area contributed by atoms with Crippen molar-refractivity contribution in [2.24, 2.45) is 0 Å². The van der Waals surface area contributed by atoms with Crippen molar-refractivity contribution in [3.8, 4) is 0 Å². The minimum absolute atomic E-state index is 0.0681. The fourth-order valence-corrected chi connectivity index (χ4v) is 2.24. The quantitative estimate of drug-likeness (QED) is 0.869. The molecule has 0 aliphatic rings. The van der Waals surface area contributed by atoms with Gasteiger partial charge in [0.25, 0.3) is 0 Å². The minimum atomic E-state index is -0.805. The molecular formula is C16H16BrNO2. The normalized spacial score (nSPS) is 10.3. The van der Waals surface area contributed by atoms with Gasteiger partial charge in [-0.05, 0) is 35.7 Å². The summed E-state index contributed by atoms with van der Waals surface area (Å²) < 4.78 is 1.08. The Bertz CT molecular complexity index is 608. The molecule has 2 N–H and O–H groups in total. The van der Waals surface area contributed by atoms with Crippen molar-refractivity contribution >= 4 is 27.6 Å². The first kappa shape index (κ1) is 14.6. The summed E-state index contributed by atoms with van der Waals surface area (Å²) in [6.07, 6.45) is 0.0681. The van der Waals surface area contributed by atoms with E-state index in [1.165, 1.54) is 5.56 Å². The number of aliphatic carboxylic acids is 1. The van der Waals surface area contributed by atoms with Gasteiger partial charge in [-0.3, -0.25) is 4.79 Å². The van der Waals surface area contributed by atoms with Crippen LogP contribution in [-0.2, 0) is 17.8 Å². The number of aryl methyl sites for hydroxylation is 1. The highest BCUT2D eigenvalue weighted by atomic mass is 79.9. The van der Waals surface area contributed by atoms with Crippen LogP contribution in [0.15, 0.2) is 46.9 Å². The predicted octanol–water partition coefficient (Wildman–Crippen LogP) is 4.00. The molecule has 0 saturated heterocycles. The third-order valence-electron chi connectivity index (χ3n) is 3.05. The van der Waals surface area contributed by atoms with Crippen molar-refractivity contribution < 1.29 is 9.90 Å². The van der Waals surface area contributed by atoms with Crippen LogP contribution in [0.1, 0.15) is 16.7 Å². The summed E-state index contributed by atoms with van der Waals surface area (Å²) in [7, 11) is 0. The number of hydrogen-bond acceptors (Lipinski definition) is 2. The van der Waals surface area contributed by atoms with E-state index < -0.39 is 5.97 Å². The van der Waals surface area contributed by atoms with Gasteiger partial charge < -0.3 is 10.4 Å². The molecule has 104 valence electrons. The zero-order valence-electron chi connectivity index (χ0n) is 11.2. The van der Waals surface area contributed by atoms with Gasteiger partial charge in [0.05, 0.1) is 6.42 Å². The maximum Gasteiger partial charge on any atom is 0.307 e. The van der Waals surface area contributed by atoms with Gasteiger partial charge in [-0.15, -0.1) is 0 Å². The van der Waals surface area contributed by atoms with Crippen LogP contribution in [0, 0.1) is 6.92 Å². The predicted molar refractivity (Wildman–Crippen MR) is 84.0 cm³/mol. The second-order valence-electron chi connectivity index (χ2n) is 4.70. The van der Waals surface area contributed by atoms with E-state index in [1.54, 1.807) is 0 Å². The third-order valence-corrected chi connectivity index (χ3v) is 3.90. The van der Waals surface area contributed by atoms with Gasteiger partial charge in [0, 0.05) is 16.7 Å². The Kier molecular flexibility index (Phi) is 4.79. The minimum Gasteiger partial charge on any atom is -0.481 e. The maximum absolute atomic E-state index is 10.6. The molecule has 0 bridgehead atoms. The summed E-state index contributed by atoms with van der Waals surface area (Å²) in [6.45, 7) is 2.76. The summed E-state index contributed by atoms with van der Waals surface area (Å²) in [4.78, 5) is 10.6. The highest BCUT2D eigenvalue weighted by Gasteiger charge is 2.01. The number of carboxylic acids is 1. The van der Waals surface area contributed by atoms with E-state index in [-0.39, 0.29) is 6.42 Å². The number of halogens is 1. The molecule has 2 rings (SSSR count). The standard InChI is InChI=1S/C16H16BrNO2/c1-11-2-7-14(9-15(11)17)18-10-13-5-3-12(4-6-13)8-16(19)20/h2-7,9,18H,8,10H2,1H3,(H,19,20). The number of rotatable bonds is 5.